The molecule has 1 atom stereocenters. The van der Waals surface area contributed by atoms with Crippen molar-refractivity contribution in [2.75, 3.05) is 6.61 Å². The van der Waals surface area contributed by atoms with Gasteiger partial charge in [-0.05, 0) is 43.5 Å². The highest BCUT2D eigenvalue weighted by Gasteiger charge is 2.18. The number of nitrogens with one attached hydrogen (secondary N) is 1. The lowest BCUT2D eigenvalue weighted by atomic mass is 10.0. The van der Waals surface area contributed by atoms with E-state index in [1.54, 1.807) is 18.2 Å². The predicted octanol–water partition coefficient (Wildman–Crippen LogP) is 2.80. The van der Waals surface area contributed by atoms with Gasteiger partial charge in [-0.25, -0.2) is 4.79 Å². The molecule has 0 spiro atoms. The van der Waals surface area contributed by atoms with E-state index in [1.165, 1.54) is 13.0 Å². The Labute approximate surface area is 162 Å². The second-order valence-electron chi connectivity index (χ2n) is 6.62. The monoisotopic (exact) mass is 379 g/mol. The number of carbonyl (C=O) groups is 2. The van der Waals surface area contributed by atoms with Gasteiger partial charge in [0.15, 0.2) is 12.4 Å². The minimum atomic E-state index is -0.615. The lowest BCUT2D eigenvalue weighted by Crippen LogP contribution is -2.43. The van der Waals surface area contributed by atoms with Crippen LogP contribution in [0.25, 0.3) is 11.0 Å². The van der Waals surface area contributed by atoms with Gasteiger partial charge in [0.2, 0.25) is 0 Å². The minimum Gasteiger partial charge on any atom is -0.484 e. The van der Waals surface area contributed by atoms with Crippen LogP contribution in [0.15, 0.2) is 63.8 Å². The summed E-state index contributed by atoms with van der Waals surface area (Å²) in [5, 5.41) is 3.51. The molecule has 144 valence electrons. The Morgan fingerprint density at radius 1 is 1.11 bits per heavy atom. The Kier molecular flexibility index (Phi) is 5.89. The maximum atomic E-state index is 12.2. The lowest BCUT2D eigenvalue weighted by Gasteiger charge is -2.16. The highest BCUT2D eigenvalue weighted by atomic mass is 16.5. The number of rotatable bonds is 7. The first-order valence-corrected chi connectivity index (χ1v) is 8.93. The first-order chi connectivity index (χ1) is 13.4. The molecule has 0 unspecified atom stereocenters. The van der Waals surface area contributed by atoms with Crippen molar-refractivity contribution in [3.63, 3.8) is 0 Å². The molecule has 3 aromatic rings. The predicted molar refractivity (Wildman–Crippen MR) is 105 cm³/mol. The number of benzene rings is 2. The van der Waals surface area contributed by atoms with Crippen molar-refractivity contribution in [3.05, 3.63) is 76.1 Å². The summed E-state index contributed by atoms with van der Waals surface area (Å²) < 4.78 is 10.7. The van der Waals surface area contributed by atoms with Crippen LogP contribution >= 0.6 is 0 Å². The first kappa shape index (κ1) is 19.4. The molecule has 0 aliphatic carbocycles. The molecule has 0 radical (unpaired) electrons. The lowest BCUT2D eigenvalue weighted by molar-refractivity contribution is -0.128. The molecule has 3 rings (SSSR count). The number of fused-ring (bicyclic) bond motifs is 1. The summed E-state index contributed by atoms with van der Waals surface area (Å²) in [4.78, 5) is 35.6. The van der Waals surface area contributed by atoms with E-state index >= 15 is 0 Å². The van der Waals surface area contributed by atoms with E-state index < -0.39 is 17.6 Å². The van der Waals surface area contributed by atoms with Crippen LogP contribution in [0, 0.1) is 6.92 Å². The summed E-state index contributed by atoms with van der Waals surface area (Å²) in [6.07, 6.45) is 0.419. The fraction of sp³-hybridized carbons (Fsp3) is 0.227. The molecule has 0 bridgehead atoms. The van der Waals surface area contributed by atoms with E-state index in [1.807, 2.05) is 37.3 Å². The molecule has 6 nitrogen and oxygen atoms in total. The second-order valence-corrected chi connectivity index (χ2v) is 6.62. The SMILES string of the molecule is CC(=O)[C@@H](Cc1ccccc1)NC(=O)COc1ccc2c(C)cc(=O)oc2c1. The molecule has 0 fully saturated rings. The third-order valence-electron chi connectivity index (χ3n) is 4.40. The van der Waals surface area contributed by atoms with Crippen LogP contribution in [0.4, 0.5) is 0 Å². The fourth-order valence-corrected chi connectivity index (χ4v) is 2.93. The van der Waals surface area contributed by atoms with Crippen molar-refractivity contribution in [3.8, 4) is 5.75 Å². The Morgan fingerprint density at radius 2 is 1.86 bits per heavy atom. The first-order valence-electron chi connectivity index (χ1n) is 8.93. The van der Waals surface area contributed by atoms with Gasteiger partial charge >= 0.3 is 5.63 Å². The van der Waals surface area contributed by atoms with E-state index in [9.17, 15) is 14.4 Å². The van der Waals surface area contributed by atoms with Gasteiger partial charge in [-0.3, -0.25) is 9.59 Å². The number of hydrogen-bond donors (Lipinski definition) is 1. The Morgan fingerprint density at radius 3 is 2.57 bits per heavy atom. The smallest absolute Gasteiger partial charge is 0.336 e. The molecule has 28 heavy (non-hydrogen) atoms. The van der Waals surface area contributed by atoms with Crippen LogP contribution < -0.4 is 15.7 Å². The molecule has 1 amide bonds. The van der Waals surface area contributed by atoms with Gasteiger partial charge in [0.1, 0.15) is 11.3 Å². The highest BCUT2D eigenvalue weighted by molar-refractivity contribution is 5.88. The summed E-state index contributed by atoms with van der Waals surface area (Å²) in [5.74, 6) is -0.124. The van der Waals surface area contributed by atoms with Gasteiger partial charge in [0, 0.05) is 17.5 Å². The standard InChI is InChI=1S/C22H21NO5/c1-14-10-22(26)28-20-12-17(8-9-18(14)20)27-13-21(25)23-19(15(2)24)11-16-6-4-3-5-7-16/h3-10,12,19H,11,13H2,1-2H3,(H,23,25)/t19-/m1/s1. The van der Waals surface area contributed by atoms with Crippen LogP contribution in [-0.2, 0) is 16.0 Å². The summed E-state index contributed by atoms with van der Waals surface area (Å²) in [5.41, 5.74) is 1.73. The molecular weight excluding hydrogens is 358 g/mol. The minimum absolute atomic E-state index is 0.125. The van der Waals surface area contributed by atoms with Crippen LogP contribution in [0.3, 0.4) is 0 Å². The van der Waals surface area contributed by atoms with Gasteiger partial charge in [0.25, 0.3) is 5.91 Å². The Bertz CT molecular complexity index is 1060. The van der Waals surface area contributed by atoms with Gasteiger partial charge < -0.3 is 14.5 Å². The fourth-order valence-electron chi connectivity index (χ4n) is 2.93. The van der Waals surface area contributed by atoms with Gasteiger partial charge in [-0.1, -0.05) is 30.3 Å². The summed E-state index contributed by atoms with van der Waals surface area (Å²) in [6.45, 7) is 3.02. The molecular formula is C22H21NO5. The molecule has 1 N–H and O–H groups in total. The summed E-state index contributed by atoms with van der Waals surface area (Å²) in [6, 6.07) is 15.3. The molecule has 0 saturated heterocycles. The number of hydrogen-bond acceptors (Lipinski definition) is 5. The van der Waals surface area contributed by atoms with E-state index in [0.717, 1.165) is 16.5 Å². The molecule has 0 saturated carbocycles. The zero-order chi connectivity index (χ0) is 20.1. The number of amides is 1. The number of ether oxygens (including phenoxy) is 1. The average molecular weight is 379 g/mol. The van der Waals surface area contributed by atoms with Crippen LogP contribution in [0.5, 0.6) is 5.75 Å². The topological polar surface area (TPSA) is 85.6 Å². The normalized spacial score (nSPS) is 11.8. The third kappa shape index (κ3) is 4.85. The molecule has 1 aromatic heterocycles. The average Bonchev–Trinajstić information content (AvgIpc) is 2.66. The number of carbonyl (C=O) groups excluding carboxylic acids is 2. The molecule has 0 aliphatic rings. The van der Waals surface area contributed by atoms with E-state index in [4.69, 9.17) is 9.15 Å². The summed E-state index contributed by atoms with van der Waals surface area (Å²) in [7, 11) is 0. The van der Waals surface area contributed by atoms with Crippen LogP contribution in [-0.4, -0.2) is 24.3 Å². The molecule has 2 aromatic carbocycles. The Hall–Kier alpha value is -3.41. The van der Waals surface area contributed by atoms with E-state index in [0.29, 0.717) is 17.8 Å². The van der Waals surface area contributed by atoms with Crippen LogP contribution in [0.2, 0.25) is 0 Å². The van der Waals surface area contributed by atoms with Gasteiger partial charge in [-0.15, -0.1) is 0 Å². The van der Waals surface area contributed by atoms with Gasteiger partial charge in [0.05, 0.1) is 6.04 Å². The summed E-state index contributed by atoms with van der Waals surface area (Å²) >= 11 is 0. The number of ketones is 1. The maximum Gasteiger partial charge on any atom is 0.336 e. The van der Waals surface area contributed by atoms with Crippen molar-refractivity contribution >= 4 is 22.7 Å². The van der Waals surface area contributed by atoms with Crippen molar-refractivity contribution in [2.45, 2.75) is 26.3 Å². The number of Topliss-reactive ketones (excluding diaryl/α,β-unsaturated/α-hetero) is 1. The molecule has 6 heteroatoms. The molecule has 1 heterocycles. The van der Waals surface area contributed by atoms with Crippen molar-refractivity contribution in [1.82, 2.24) is 5.32 Å². The largest absolute Gasteiger partial charge is 0.484 e. The van der Waals surface area contributed by atoms with Crippen molar-refractivity contribution in [1.29, 1.82) is 0 Å². The zero-order valence-corrected chi connectivity index (χ0v) is 15.7. The van der Waals surface area contributed by atoms with E-state index in [2.05, 4.69) is 5.32 Å². The number of aryl methyl sites for hydroxylation is 1. The zero-order valence-electron chi connectivity index (χ0n) is 15.7. The quantitative estimate of drug-likeness (QED) is 0.638. The van der Waals surface area contributed by atoms with Gasteiger partial charge in [-0.2, -0.15) is 0 Å². The second kappa shape index (κ2) is 8.52. The maximum absolute atomic E-state index is 12.2. The van der Waals surface area contributed by atoms with Crippen molar-refractivity contribution < 1.29 is 18.7 Å². The van der Waals surface area contributed by atoms with E-state index in [-0.39, 0.29) is 12.4 Å². The van der Waals surface area contributed by atoms with Crippen molar-refractivity contribution in [2.24, 2.45) is 0 Å². The third-order valence-corrected chi connectivity index (χ3v) is 4.40. The highest BCUT2D eigenvalue weighted by Crippen LogP contribution is 2.22. The Balaban J connectivity index is 1.63. The molecule has 0 aliphatic heterocycles. The van der Waals surface area contributed by atoms with Crippen LogP contribution in [0.1, 0.15) is 18.1 Å².